The Labute approximate surface area is 213 Å². The van der Waals surface area contributed by atoms with E-state index in [0.717, 1.165) is 5.56 Å². The Balaban J connectivity index is 1.47. The standard InChI is InChI=1S/C30H24FNO5/c31-22-12-9-19(10-13-22)26(34)15-16-28-29(32(30(36)37-28)23-6-2-1-3-7-23)25-14-11-21(18-27(25)35)20-5-4-8-24(33)17-20/h1-14,17-18,28-29,33,35H,15-16H2/t28-,29-/m1/s1. The molecule has 0 bridgehead atoms. The minimum Gasteiger partial charge on any atom is -0.508 e. The predicted molar refractivity (Wildman–Crippen MR) is 137 cm³/mol. The third kappa shape index (κ3) is 5.02. The van der Waals surface area contributed by atoms with Gasteiger partial charge in [-0.25, -0.2) is 9.18 Å². The molecule has 2 N–H and O–H groups in total. The molecule has 4 aromatic rings. The van der Waals surface area contributed by atoms with Crippen LogP contribution in [0.5, 0.6) is 11.5 Å². The van der Waals surface area contributed by atoms with E-state index in [-0.39, 0.29) is 30.1 Å². The Morgan fingerprint density at radius 3 is 2.30 bits per heavy atom. The normalized spacial score (nSPS) is 17.0. The fourth-order valence-electron chi connectivity index (χ4n) is 4.65. The van der Waals surface area contributed by atoms with E-state index in [9.17, 15) is 24.2 Å². The summed E-state index contributed by atoms with van der Waals surface area (Å²) in [4.78, 5) is 27.2. The molecule has 186 valence electrons. The number of ketones is 1. The fraction of sp³-hybridized carbons (Fsp3) is 0.133. The summed E-state index contributed by atoms with van der Waals surface area (Å²) >= 11 is 0. The number of carbonyl (C=O) groups excluding carboxylic acids is 2. The van der Waals surface area contributed by atoms with E-state index in [1.165, 1.54) is 29.2 Å². The molecule has 1 aliphatic heterocycles. The zero-order valence-electron chi connectivity index (χ0n) is 19.8. The number of ether oxygens (including phenoxy) is 1. The Morgan fingerprint density at radius 1 is 0.865 bits per heavy atom. The number of rotatable bonds is 7. The van der Waals surface area contributed by atoms with Gasteiger partial charge in [0.1, 0.15) is 29.5 Å². The van der Waals surface area contributed by atoms with Crippen LogP contribution in [0.4, 0.5) is 14.9 Å². The van der Waals surface area contributed by atoms with Crippen molar-refractivity contribution in [2.45, 2.75) is 25.0 Å². The summed E-state index contributed by atoms with van der Waals surface area (Å²) in [5.41, 5.74) is 2.86. The highest BCUT2D eigenvalue weighted by molar-refractivity contribution is 5.96. The van der Waals surface area contributed by atoms with Crippen LogP contribution in [0.1, 0.15) is 34.8 Å². The first-order valence-corrected chi connectivity index (χ1v) is 11.9. The lowest BCUT2D eigenvalue weighted by Gasteiger charge is -2.26. The van der Waals surface area contributed by atoms with Crippen molar-refractivity contribution in [3.05, 3.63) is 114 Å². The zero-order chi connectivity index (χ0) is 25.9. The molecule has 1 heterocycles. The molecule has 5 rings (SSSR count). The summed E-state index contributed by atoms with van der Waals surface area (Å²) in [7, 11) is 0. The Bertz CT molecular complexity index is 1440. The first-order chi connectivity index (χ1) is 17.9. The maximum absolute atomic E-state index is 13.3. The molecule has 4 aromatic carbocycles. The van der Waals surface area contributed by atoms with Gasteiger partial charge in [0.05, 0.1) is 0 Å². The number of para-hydroxylation sites is 1. The number of phenolic OH excluding ortho intramolecular Hbond substituents is 2. The number of Topliss-reactive ketones (excluding diaryl/α,β-unsaturated/α-hetero) is 1. The minimum absolute atomic E-state index is 0.0417. The van der Waals surface area contributed by atoms with Gasteiger partial charge in [0, 0.05) is 23.2 Å². The predicted octanol–water partition coefficient (Wildman–Crippen LogP) is 6.63. The average molecular weight is 498 g/mol. The molecule has 7 heteroatoms. The van der Waals surface area contributed by atoms with Crippen molar-refractivity contribution in [2.24, 2.45) is 0 Å². The van der Waals surface area contributed by atoms with Crippen LogP contribution in [0, 0.1) is 5.82 Å². The van der Waals surface area contributed by atoms with Gasteiger partial charge in [-0.3, -0.25) is 9.69 Å². The molecule has 0 saturated carbocycles. The van der Waals surface area contributed by atoms with Crippen LogP contribution in [0.25, 0.3) is 11.1 Å². The molecule has 0 unspecified atom stereocenters. The number of aromatic hydroxyl groups is 2. The van der Waals surface area contributed by atoms with E-state index < -0.39 is 24.1 Å². The molecule has 1 saturated heterocycles. The number of anilines is 1. The fourth-order valence-corrected chi connectivity index (χ4v) is 4.65. The van der Waals surface area contributed by atoms with E-state index >= 15 is 0 Å². The molecule has 1 fully saturated rings. The van der Waals surface area contributed by atoms with Gasteiger partial charge in [-0.2, -0.15) is 0 Å². The summed E-state index contributed by atoms with van der Waals surface area (Å²) in [5.74, 6) is -0.558. The monoisotopic (exact) mass is 497 g/mol. The maximum Gasteiger partial charge on any atom is 0.415 e. The number of carbonyl (C=O) groups is 2. The number of halogens is 1. The highest BCUT2D eigenvalue weighted by Gasteiger charge is 2.44. The Hall–Kier alpha value is -4.65. The van der Waals surface area contributed by atoms with Gasteiger partial charge < -0.3 is 14.9 Å². The van der Waals surface area contributed by atoms with Crippen LogP contribution in [-0.4, -0.2) is 28.2 Å². The van der Waals surface area contributed by atoms with E-state index in [1.54, 1.807) is 60.7 Å². The highest BCUT2D eigenvalue weighted by Crippen LogP contribution is 2.43. The molecule has 0 aromatic heterocycles. The number of benzene rings is 4. The lowest BCUT2D eigenvalue weighted by atomic mass is 9.92. The van der Waals surface area contributed by atoms with Crippen LogP contribution in [0.2, 0.25) is 0 Å². The summed E-state index contributed by atoms with van der Waals surface area (Å²) < 4.78 is 19.0. The SMILES string of the molecule is O=C(CC[C@H]1OC(=O)N(c2ccccc2)[C@@H]1c1ccc(-c2cccc(O)c2)cc1O)c1ccc(F)cc1. The molecule has 1 amide bonds. The largest absolute Gasteiger partial charge is 0.508 e. The lowest BCUT2D eigenvalue weighted by molar-refractivity contribution is 0.0921. The van der Waals surface area contributed by atoms with Crippen LogP contribution >= 0.6 is 0 Å². The van der Waals surface area contributed by atoms with E-state index in [2.05, 4.69) is 0 Å². The van der Waals surface area contributed by atoms with Crippen molar-refractivity contribution in [1.29, 1.82) is 0 Å². The van der Waals surface area contributed by atoms with Gasteiger partial charge in [0.15, 0.2) is 5.78 Å². The van der Waals surface area contributed by atoms with Crippen molar-refractivity contribution in [3.8, 4) is 22.6 Å². The van der Waals surface area contributed by atoms with Gasteiger partial charge >= 0.3 is 6.09 Å². The quantitative estimate of drug-likeness (QED) is 0.280. The summed E-state index contributed by atoms with van der Waals surface area (Å²) in [6, 6.07) is 25.4. The molecule has 0 spiro atoms. The van der Waals surface area contributed by atoms with Crippen LogP contribution in [0.3, 0.4) is 0 Å². The summed E-state index contributed by atoms with van der Waals surface area (Å²) in [6.07, 6.45) is -1.00. The third-order valence-corrected chi connectivity index (χ3v) is 6.46. The summed E-state index contributed by atoms with van der Waals surface area (Å²) in [6.45, 7) is 0. The first kappa shape index (κ1) is 24.1. The number of cyclic esters (lactones) is 1. The molecule has 2 atom stereocenters. The number of hydrogen-bond acceptors (Lipinski definition) is 5. The zero-order valence-corrected chi connectivity index (χ0v) is 19.8. The Morgan fingerprint density at radius 2 is 1.59 bits per heavy atom. The molecule has 0 aliphatic carbocycles. The minimum atomic E-state index is -0.713. The second-order valence-electron chi connectivity index (χ2n) is 8.87. The van der Waals surface area contributed by atoms with Gasteiger partial charge in [0.25, 0.3) is 0 Å². The second-order valence-corrected chi connectivity index (χ2v) is 8.87. The van der Waals surface area contributed by atoms with Crippen molar-refractivity contribution >= 4 is 17.6 Å². The number of hydrogen-bond donors (Lipinski definition) is 2. The van der Waals surface area contributed by atoms with Crippen molar-refractivity contribution < 1.29 is 28.9 Å². The molecular formula is C30H24FNO5. The average Bonchev–Trinajstić information content (AvgIpc) is 3.23. The first-order valence-electron chi connectivity index (χ1n) is 11.9. The van der Waals surface area contributed by atoms with E-state index in [1.807, 2.05) is 12.1 Å². The lowest BCUT2D eigenvalue weighted by Crippen LogP contribution is -2.29. The number of phenols is 2. The summed E-state index contributed by atoms with van der Waals surface area (Å²) in [5, 5.41) is 20.9. The Kier molecular flexibility index (Phi) is 6.60. The molecule has 1 aliphatic rings. The smallest absolute Gasteiger partial charge is 0.415 e. The van der Waals surface area contributed by atoms with Gasteiger partial charge in [-0.15, -0.1) is 0 Å². The van der Waals surface area contributed by atoms with Gasteiger partial charge in [-0.1, -0.05) is 42.5 Å². The van der Waals surface area contributed by atoms with Crippen LogP contribution < -0.4 is 4.90 Å². The van der Waals surface area contributed by atoms with E-state index in [4.69, 9.17) is 4.74 Å². The molecule has 6 nitrogen and oxygen atoms in total. The topological polar surface area (TPSA) is 87.1 Å². The molecular weight excluding hydrogens is 473 g/mol. The second kappa shape index (κ2) is 10.1. The molecule has 0 radical (unpaired) electrons. The van der Waals surface area contributed by atoms with Crippen molar-refractivity contribution in [3.63, 3.8) is 0 Å². The third-order valence-electron chi connectivity index (χ3n) is 6.46. The molecule has 37 heavy (non-hydrogen) atoms. The van der Waals surface area contributed by atoms with E-state index in [0.29, 0.717) is 22.4 Å². The van der Waals surface area contributed by atoms with Gasteiger partial charge in [0.2, 0.25) is 0 Å². The number of amides is 1. The highest BCUT2D eigenvalue weighted by atomic mass is 19.1. The van der Waals surface area contributed by atoms with Crippen LogP contribution in [-0.2, 0) is 4.74 Å². The van der Waals surface area contributed by atoms with Gasteiger partial charge in [-0.05, 0) is 72.1 Å². The van der Waals surface area contributed by atoms with Crippen molar-refractivity contribution in [1.82, 2.24) is 0 Å². The van der Waals surface area contributed by atoms with Crippen molar-refractivity contribution in [2.75, 3.05) is 4.90 Å². The number of nitrogens with zero attached hydrogens (tertiary/aromatic N) is 1. The van der Waals surface area contributed by atoms with Crippen LogP contribution in [0.15, 0.2) is 97.1 Å². The maximum atomic E-state index is 13.3.